The van der Waals surface area contributed by atoms with E-state index in [1.54, 1.807) is 0 Å². The van der Waals surface area contributed by atoms with Gasteiger partial charge >= 0.3 is 0 Å². The number of rotatable bonds is 6. The van der Waals surface area contributed by atoms with E-state index in [1.165, 1.54) is 0 Å². The molecular weight excluding hydrogens is 376 g/mol. The van der Waals surface area contributed by atoms with Crippen molar-refractivity contribution in [2.75, 3.05) is 19.5 Å². The van der Waals surface area contributed by atoms with Crippen LogP contribution in [0.3, 0.4) is 0 Å². The average Bonchev–Trinajstić information content (AvgIpc) is 2.18. The third-order valence-electron chi connectivity index (χ3n) is 1.74. The minimum Gasteiger partial charge on any atom is -0.492 e. The van der Waals surface area contributed by atoms with Gasteiger partial charge < -0.3 is 4.74 Å². The summed E-state index contributed by atoms with van der Waals surface area (Å²) in [4.78, 5) is 0. The average molecular weight is 388 g/mol. The second-order valence-electron chi connectivity index (χ2n) is 3.30. The molecule has 0 fully saturated rings. The van der Waals surface area contributed by atoms with Gasteiger partial charge in [-0.05, 0) is 34.1 Å². The molecular formula is C10H12Br2O4S. The van der Waals surface area contributed by atoms with Crippen molar-refractivity contribution in [3.8, 4) is 5.75 Å². The first kappa shape index (κ1) is 14.9. The molecule has 1 aromatic carbocycles. The fourth-order valence-corrected chi connectivity index (χ4v) is 2.63. The van der Waals surface area contributed by atoms with Gasteiger partial charge in [-0.15, -0.1) is 0 Å². The second-order valence-corrected chi connectivity index (χ2v) is 6.72. The molecule has 0 aliphatic heterocycles. The molecule has 0 N–H and O–H groups in total. The van der Waals surface area contributed by atoms with Gasteiger partial charge in [0, 0.05) is 10.9 Å². The smallest absolute Gasteiger partial charge is 0.264 e. The van der Waals surface area contributed by atoms with Crippen LogP contribution in [0.1, 0.15) is 6.42 Å². The Morgan fingerprint density at radius 3 is 2.53 bits per heavy atom. The third kappa shape index (κ3) is 6.40. The van der Waals surface area contributed by atoms with Crippen LogP contribution in [0.15, 0.2) is 27.1 Å². The van der Waals surface area contributed by atoms with Gasteiger partial charge in [0.05, 0.1) is 23.9 Å². The Kier molecular flexibility index (Phi) is 5.91. The quantitative estimate of drug-likeness (QED) is 0.556. The van der Waals surface area contributed by atoms with Crippen molar-refractivity contribution in [1.29, 1.82) is 0 Å². The lowest BCUT2D eigenvalue weighted by Gasteiger charge is -2.08. The minimum absolute atomic E-state index is 0.132. The molecule has 0 saturated carbocycles. The van der Waals surface area contributed by atoms with Crippen LogP contribution in [0.4, 0.5) is 0 Å². The van der Waals surface area contributed by atoms with Gasteiger partial charge in [0.15, 0.2) is 0 Å². The molecule has 0 unspecified atom stereocenters. The SMILES string of the molecule is CS(=O)(=O)OCCCOc1ccc(Br)cc1Br. The molecule has 0 heterocycles. The number of hydrogen-bond acceptors (Lipinski definition) is 4. The number of ether oxygens (including phenoxy) is 1. The Bertz CT molecular complexity index is 473. The third-order valence-corrected chi connectivity index (χ3v) is 3.45. The van der Waals surface area contributed by atoms with E-state index in [9.17, 15) is 8.42 Å². The molecule has 0 aliphatic carbocycles. The molecule has 0 bridgehead atoms. The van der Waals surface area contributed by atoms with E-state index in [4.69, 9.17) is 4.74 Å². The van der Waals surface area contributed by atoms with E-state index in [2.05, 4.69) is 36.0 Å². The normalized spacial score (nSPS) is 11.5. The lowest BCUT2D eigenvalue weighted by Crippen LogP contribution is -2.07. The maximum absolute atomic E-state index is 10.7. The van der Waals surface area contributed by atoms with Crippen LogP contribution in [0.2, 0.25) is 0 Å². The summed E-state index contributed by atoms with van der Waals surface area (Å²) in [7, 11) is -3.35. The van der Waals surface area contributed by atoms with Crippen molar-refractivity contribution >= 4 is 42.0 Å². The molecule has 17 heavy (non-hydrogen) atoms. The van der Waals surface area contributed by atoms with Gasteiger partial charge in [-0.3, -0.25) is 4.18 Å². The maximum Gasteiger partial charge on any atom is 0.264 e. The summed E-state index contributed by atoms with van der Waals surface area (Å²) in [5, 5.41) is 0. The summed E-state index contributed by atoms with van der Waals surface area (Å²) in [5.74, 6) is 0.715. The van der Waals surface area contributed by atoms with E-state index in [-0.39, 0.29) is 6.61 Å². The van der Waals surface area contributed by atoms with Crippen LogP contribution >= 0.6 is 31.9 Å². The van der Waals surface area contributed by atoms with Crippen molar-refractivity contribution in [3.05, 3.63) is 27.1 Å². The summed E-state index contributed by atoms with van der Waals surface area (Å²) in [6.07, 6.45) is 1.54. The zero-order valence-corrected chi connectivity index (χ0v) is 13.1. The molecule has 0 radical (unpaired) electrons. The summed E-state index contributed by atoms with van der Waals surface area (Å²) >= 11 is 6.70. The van der Waals surface area contributed by atoms with Crippen LogP contribution in [0.5, 0.6) is 5.75 Å². The predicted molar refractivity (Wildman–Crippen MR) is 72.7 cm³/mol. The standard InChI is InChI=1S/C10H12Br2O4S/c1-17(13,14)16-6-2-5-15-10-4-3-8(11)7-9(10)12/h3-4,7H,2,5-6H2,1H3. The Labute approximate surface area is 118 Å². The molecule has 0 aliphatic rings. The largest absolute Gasteiger partial charge is 0.492 e. The van der Waals surface area contributed by atoms with Crippen molar-refractivity contribution in [3.63, 3.8) is 0 Å². The zero-order chi connectivity index (χ0) is 12.9. The van der Waals surface area contributed by atoms with Gasteiger partial charge in [0.2, 0.25) is 0 Å². The van der Waals surface area contributed by atoms with Crippen LogP contribution in [0, 0.1) is 0 Å². The summed E-state index contributed by atoms with van der Waals surface area (Å²) < 4.78 is 33.2. The number of hydrogen-bond donors (Lipinski definition) is 0. The first-order chi connectivity index (χ1) is 7.88. The number of benzene rings is 1. The molecule has 4 nitrogen and oxygen atoms in total. The highest BCUT2D eigenvalue weighted by Gasteiger charge is 2.03. The van der Waals surface area contributed by atoms with Gasteiger partial charge in [-0.25, -0.2) is 0 Å². The highest BCUT2D eigenvalue weighted by atomic mass is 79.9. The number of halogens is 2. The van der Waals surface area contributed by atoms with Crippen molar-refractivity contribution in [1.82, 2.24) is 0 Å². The van der Waals surface area contributed by atoms with Crippen molar-refractivity contribution < 1.29 is 17.3 Å². The second kappa shape index (κ2) is 6.72. The highest BCUT2D eigenvalue weighted by molar-refractivity contribution is 9.11. The molecule has 0 amide bonds. The van der Waals surface area contributed by atoms with Gasteiger partial charge in [0.25, 0.3) is 10.1 Å². The van der Waals surface area contributed by atoms with Crippen LogP contribution in [0.25, 0.3) is 0 Å². The maximum atomic E-state index is 10.7. The Balaban J connectivity index is 2.32. The van der Waals surface area contributed by atoms with E-state index in [0.717, 1.165) is 15.2 Å². The first-order valence-corrected chi connectivity index (χ1v) is 8.21. The summed E-state index contributed by atoms with van der Waals surface area (Å²) in [6, 6.07) is 5.57. The monoisotopic (exact) mass is 386 g/mol. The lowest BCUT2D eigenvalue weighted by atomic mass is 10.3. The molecule has 1 rings (SSSR count). The van der Waals surface area contributed by atoms with E-state index in [1.807, 2.05) is 18.2 Å². The van der Waals surface area contributed by atoms with E-state index < -0.39 is 10.1 Å². The first-order valence-electron chi connectivity index (χ1n) is 4.81. The molecule has 7 heteroatoms. The molecule has 0 atom stereocenters. The fraction of sp³-hybridized carbons (Fsp3) is 0.400. The van der Waals surface area contributed by atoms with E-state index in [0.29, 0.717) is 18.8 Å². The van der Waals surface area contributed by atoms with Crippen LogP contribution in [-0.2, 0) is 14.3 Å². The minimum atomic E-state index is -3.35. The topological polar surface area (TPSA) is 52.6 Å². The fourth-order valence-electron chi connectivity index (χ4n) is 1.04. The van der Waals surface area contributed by atoms with Crippen molar-refractivity contribution in [2.45, 2.75) is 6.42 Å². The molecule has 96 valence electrons. The highest BCUT2D eigenvalue weighted by Crippen LogP contribution is 2.28. The molecule has 0 aromatic heterocycles. The molecule has 0 spiro atoms. The van der Waals surface area contributed by atoms with Gasteiger partial charge in [-0.2, -0.15) is 8.42 Å². The summed E-state index contributed by atoms with van der Waals surface area (Å²) in [6.45, 7) is 0.530. The van der Waals surface area contributed by atoms with Crippen LogP contribution in [-0.4, -0.2) is 27.9 Å². The molecule has 1 aromatic rings. The Morgan fingerprint density at radius 2 is 1.94 bits per heavy atom. The Morgan fingerprint density at radius 1 is 1.24 bits per heavy atom. The predicted octanol–water partition coefficient (Wildman–Crippen LogP) is 2.96. The van der Waals surface area contributed by atoms with Gasteiger partial charge in [0.1, 0.15) is 5.75 Å². The van der Waals surface area contributed by atoms with Crippen LogP contribution < -0.4 is 4.74 Å². The zero-order valence-electron chi connectivity index (χ0n) is 9.15. The summed E-state index contributed by atoms with van der Waals surface area (Å²) in [5.41, 5.74) is 0. The molecule has 0 saturated heterocycles. The van der Waals surface area contributed by atoms with Gasteiger partial charge in [-0.1, -0.05) is 15.9 Å². The van der Waals surface area contributed by atoms with Crippen molar-refractivity contribution in [2.24, 2.45) is 0 Å². The Hall–Kier alpha value is -0.110. The lowest BCUT2D eigenvalue weighted by molar-refractivity contribution is 0.251. The van der Waals surface area contributed by atoms with E-state index >= 15 is 0 Å².